The van der Waals surface area contributed by atoms with Gasteiger partial charge in [-0.3, -0.25) is 0 Å². The molecule has 0 fully saturated rings. The van der Waals surface area contributed by atoms with Crippen LogP contribution >= 0.6 is 11.2 Å². The molecule has 0 heterocycles. The van der Waals surface area contributed by atoms with Crippen molar-refractivity contribution >= 4 is 72.4 Å². The molecule has 2 rings (SSSR count). The Kier molecular flexibility index (Phi) is 10.2. The smallest absolute Gasteiger partial charge is 0.130 e. The molecule has 38 heavy (non-hydrogen) atoms. The van der Waals surface area contributed by atoms with Gasteiger partial charge in [-0.2, -0.15) is 11.2 Å². The van der Waals surface area contributed by atoms with E-state index in [4.69, 9.17) is 0 Å². The summed E-state index contributed by atoms with van der Waals surface area (Å²) in [4.78, 5) is 0. The zero-order valence-electron chi connectivity index (χ0n) is 28.1. The minimum absolute atomic E-state index is 0.695. The van der Waals surface area contributed by atoms with Crippen LogP contribution in [0.2, 0.25) is 98.2 Å². The van der Waals surface area contributed by atoms with Crippen LogP contribution in [0.4, 0.5) is 0 Å². The maximum Gasteiger partial charge on any atom is 0.130 e. The number of hydrogen-bond acceptors (Lipinski definition) is 1. The summed E-state index contributed by atoms with van der Waals surface area (Å²) in [5, 5.41) is 4.20. The Morgan fingerprint density at radius 2 is 0.711 bits per heavy atom. The summed E-state index contributed by atoms with van der Waals surface area (Å²) in [5.74, 6) is 0. The van der Waals surface area contributed by atoms with Crippen molar-refractivity contribution in [1.29, 1.82) is 0 Å². The normalized spacial score (nSPS) is 14.8. The summed E-state index contributed by atoms with van der Waals surface area (Å²) in [7, 11) is -6.80. The summed E-state index contributed by atoms with van der Waals surface area (Å²) in [5.41, 5.74) is 2.79. The van der Waals surface area contributed by atoms with Crippen LogP contribution in [0, 0.1) is 0 Å². The Balaban J connectivity index is 2.66. The van der Waals surface area contributed by atoms with Crippen molar-refractivity contribution in [2.45, 2.75) is 117 Å². The summed E-state index contributed by atoms with van der Waals surface area (Å²) >= 11 is 2.41. The zero-order chi connectivity index (χ0) is 29.8. The van der Waals surface area contributed by atoms with Crippen molar-refractivity contribution in [1.82, 2.24) is 0 Å². The average Bonchev–Trinajstić information content (AvgIpc) is 2.68. The molecular formula is C30H60SSi7. The molecule has 0 saturated carbocycles. The molecule has 214 valence electrons. The van der Waals surface area contributed by atoms with Crippen LogP contribution < -0.4 is 10.4 Å². The van der Waals surface area contributed by atoms with Gasteiger partial charge in [0.05, 0.1) is 21.8 Å². The topological polar surface area (TPSA) is 0 Å². The lowest BCUT2D eigenvalue weighted by molar-refractivity contribution is 1.12. The van der Waals surface area contributed by atoms with Gasteiger partial charge in [0.25, 0.3) is 0 Å². The summed E-state index contributed by atoms with van der Waals surface area (Å²) in [6.07, 6.45) is -1.64. The van der Waals surface area contributed by atoms with Crippen molar-refractivity contribution in [2.24, 2.45) is 0 Å². The summed E-state index contributed by atoms with van der Waals surface area (Å²) < 4.78 is 0. The molecule has 0 unspecified atom stereocenters. The predicted octanol–water partition coefficient (Wildman–Crippen LogP) is 9.39. The van der Waals surface area contributed by atoms with Gasteiger partial charge >= 0.3 is 0 Å². The van der Waals surface area contributed by atoms with Gasteiger partial charge in [-0.25, -0.2) is 0 Å². The van der Waals surface area contributed by atoms with Crippen LogP contribution in [-0.4, -0.2) is 56.1 Å². The Labute approximate surface area is 247 Å². The lowest BCUT2D eigenvalue weighted by atomic mass is 10.1. The van der Waals surface area contributed by atoms with Crippen LogP contribution in [0.15, 0.2) is 48.5 Å². The lowest BCUT2D eigenvalue weighted by Gasteiger charge is -2.57. The molecule has 0 aromatic heterocycles. The third-order valence-electron chi connectivity index (χ3n) is 8.84. The molecule has 0 atom stereocenters. The van der Waals surface area contributed by atoms with Crippen molar-refractivity contribution in [3.63, 3.8) is 0 Å². The van der Waals surface area contributed by atoms with Crippen LogP contribution in [0.3, 0.4) is 0 Å². The fourth-order valence-corrected chi connectivity index (χ4v) is 165. The highest BCUT2D eigenvalue weighted by molar-refractivity contribution is 8.44. The quantitative estimate of drug-likeness (QED) is 0.231. The average molecular weight is 649 g/mol. The van der Waals surface area contributed by atoms with E-state index in [1.807, 2.05) is 0 Å². The van der Waals surface area contributed by atoms with Gasteiger partial charge in [0.2, 0.25) is 0 Å². The van der Waals surface area contributed by atoms with Gasteiger partial charge in [-0.1, -0.05) is 171 Å². The molecule has 2 aromatic carbocycles. The Morgan fingerprint density at radius 3 is 0.947 bits per heavy atom. The first-order chi connectivity index (χ1) is 16.8. The molecule has 0 aliphatic heterocycles. The van der Waals surface area contributed by atoms with E-state index in [2.05, 4.69) is 172 Å². The van der Waals surface area contributed by atoms with Crippen LogP contribution in [0.1, 0.15) is 13.8 Å². The van der Waals surface area contributed by atoms with Gasteiger partial charge in [0.1, 0.15) is 6.26 Å². The maximum absolute atomic E-state index is 2.70. The molecular weight excluding hydrogens is 589 g/mol. The zero-order valence-corrected chi connectivity index (χ0v) is 35.9. The first-order valence-electron chi connectivity index (χ1n) is 14.7. The van der Waals surface area contributed by atoms with Gasteiger partial charge in [-0.05, 0) is 16.4 Å². The van der Waals surface area contributed by atoms with Crippen molar-refractivity contribution < 1.29 is 0 Å². The minimum atomic E-state index is -1.64. The Morgan fingerprint density at radius 1 is 0.421 bits per heavy atom. The number of hydrogen-bond donors (Lipinski definition) is 0. The van der Waals surface area contributed by atoms with Crippen LogP contribution in [-0.2, 0) is 0 Å². The second kappa shape index (κ2) is 11.2. The third-order valence-corrected chi connectivity index (χ3v) is 131. The van der Waals surface area contributed by atoms with E-state index >= 15 is 0 Å². The molecule has 0 aliphatic rings. The van der Waals surface area contributed by atoms with E-state index in [0.29, 0.717) is 5.25 Å². The number of rotatable bonds is 10. The standard InChI is InChI=1S/C30H60SSi7/c1-26(2)31-37(32(3,4)5,33(6,7)8)29-22-18-27(19-23-29)28-20-24-30(25-21-28)38(34(9,10)11,35(12,13)14)36(15,16)17/h18-26H,1-17H3. The fourth-order valence-electron chi connectivity index (χ4n) is 9.25. The monoisotopic (exact) mass is 648 g/mol. The van der Waals surface area contributed by atoms with Crippen molar-refractivity contribution in [3.05, 3.63) is 48.5 Å². The molecule has 0 bridgehead atoms. The van der Waals surface area contributed by atoms with Crippen molar-refractivity contribution in [3.8, 4) is 11.1 Å². The van der Waals surface area contributed by atoms with E-state index in [0.717, 1.165) is 0 Å². The molecule has 8 heteroatoms. The van der Waals surface area contributed by atoms with Gasteiger partial charge in [0, 0.05) is 22.8 Å². The molecule has 0 N–H and O–H groups in total. The lowest BCUT2D eigenvalue weighted by Crippen LogP contribution is -2.88. The highest BCUT2D eigenvalue weighted by atomic mass is 32.4. The second-order valence-corrected chi connectivity index (χ2v) is 89.2. The predicted molar refractivity (Wildman–Crippen MR) is 202 cm³/mol. The molecule has 0 spiro atoms. The molecule has 2 aromatic rings. The summed E-state index contributed by atoms with van der Waals surface area (Å²) in [6, 6.07) is 20.2. The van der Waals surface area contributed by atoms with Gasteiger partial charge < -0.3 is 0 Å². The van der Waals surface area contributed by atoms with Crippen LogP contribution in [0.25, 0.3) is 11.1 Å². The number of benzene rings is 2. The first kappa shape index (κ1) is 34.5. The largest absolute Gasteiger partial charge is 0.183 e. The summed E-state index contributed by atoms with van der Waals surface area (Å²) in [6.45, 7) is 43.5. The molecule has 0 radical (unpaired) electrons. The van der Waals surface area contributed by atoms with E-state index in [1.54, 1.807) is 10.4 Å². The maximum atomic E-state index is 2.70. The Hall–Kier alpha value is 0.308. The van der Waals surface area contributed by atoms with Gasteiger partial charge in [-0.15, -0.1) is 0 Å². The van der Waals surface area contributed by atoms with E-state index in [9.17, 15) is 0 Å². The van der Waals surface area contributed by atoms with E-state index < -0.39 is 50.8 Å². The molecule has 0 aliphatic carbocycles. The highest BCUT2D eigenvalue weighted by Gasteiger charge is 2.62. The van der Waals surface area contributed by atoms with Crippen LogP contribution in [0.5, 0.6) is 0 Å². The molecule has 0 nitrogen and oxygen atoms in total. The first-order valence-corrected chi connectivity index (χ1v) is 42.8. The molecule has 0 saturated heterocycles. The van der Waals surface area contributed by atoms with E-state index in [1.165, 1.54) is 11.1 Å². The van der Waals surface area contributed by atoms with E-state index in [-0.39, 0.29) is 0 Å². The second-order valence-electron chi connectivity index (χ2n) is 17.0. The minimum Gasteiger partial charge on any atom is -0.183 e. The fraction of sp³-hybridized carbons (Fsp3) is 0.600. The molecule has 0 amide bonds. The van der Waals surface area contributed by atoms with Crippen molar-refractivity contribution in [2.75, 3.05) is 0 Å². The Bertz CT molecular complexity index is 1020. The SMILES string of the molecule is CC(C)S[Si](c1ccc(-c2ccc([Si]([Si](C)(C)C)([Si](C)(C)C)[Si](C)(C)C)cc2)cc1)([Si](C)(C)C)[Si](C)(C)C. The highest BCUT2D eigenvalue weighted by Crippen LogP contribution is 2.41. The van der Waals surface area contributed by atoms with Gasteiger partial charge in [0.15, 0.2) is 0 Å². The third kappa shape index (κ3) is 6.08.